The van der Waals surface area contributed by atoms with Crippen LogP contribution in [0, 0.1) is 11.8 Å². The molecular formula is C21H37O12+. The Kier molecular flexibility index (Phi) is 7.95. The van der Waals surface area contributed by atoms with Gasteiger partial charge in [0, 0.05) is 18.8 Å². The van der Waals surface area contributed by atoms with E-state index in [1.165, 1.54) is 0 Å². The second kappa shape index (κ2) is 10.2. The highest BCUT2D eigenvalue weighted by molar-refractivity contribution is 4.99. The van der Waals surface area contributed by atoms with E-state index in [-0.39, 0.29) is 37.7 Å². The molecule has 0 amide bonds. The molecule has 2 heterocycles. The Morgan fingerprint density at radius 1 is 0.727 bits per heavy atom. The number of aliphatic hydroxyl groups is 11. The van der Waals surface area contributed by atoms with Crippen LogP contribution < -0.4 is 0 Å². The van der Waals surface area contributed by atoms with Gasteiger partial charge in [0.25, 0.3) is 0 Å². The van der Waals surface area contributed by atoms with E-state index in [0.29, 0.717) is 6.42 Å². The molecule has 4 rings (SSSR count). The second-order valence-corrected chi connectivity index (χ2v) is 10.0. The van der Waals surface area contributed by atoms with Gasteiger partial charge in [0.15, 0.2) is 18.5 Å². The Bertz CT molecular complexity index is 639. The predicted molar refractivity (Wildman–Crippen MR) is 109 cm³/mol. The molecule has 2 aliphatic heterocycles. The molecule has 2 aliphatic carbocycles. The summed E-state index contributed by atoms with van der Waals surface area (Å²) in [6.45, 7) is -0.608. The van der Waals surface area contributed by atoms with Gasteiger partial charge in [-0.3, -0.25) is 0 Å². The van der Waals surface area contributed by atoms with Crippen molar-refractivity contribution in [2.45, 2.75) is 112 Å². The lowest BCUT2D eigenvalue weighted by Gasteiger charge is -2.48. The smallest absolute Gasteiger partial charge is 0.187 e. The largest absolute Gasteiger partial charge is 0.427 e. The van der Waals surface area contributed by atoms with Gasteiger partial charge >= 0.3 is 0 Å². The average Bonchev–Trinajstić information content (AvgIpc) is 2.77. The van der Waals surface area contributed by atoms with Gasteiger partial charge in [-0.25, -0.2) is 0 Å². The predicted octanol–water partition coefficient (Wildman–Crippen LogP) is -4.54. The summed E-state index contributed by atoms with van der Waals surface area (Å²) in [5.74, 6) is -0.728. The maximum atomic E-state index is 10.5. The summed E-state index contributed by atoms with van der Waals surface area (Å²) in [4.78, 5) is 0. The molecule has 12 heteroatoms. The first kappa shape index (κ1) is 25.6. The van der Waals surface area contributed by atoms with Crippen LogP contribution in [0.1, 0.15) is 32.1 Å². The molecule has 13 atom stereocenters. The first-order valence-corrected chi connectivity index (χ1v) is 11.7. The molecule has 0 aromatic rings. The van der Waals surface area contributed by atoms with Crippen LogP contribution in [0.4, 0.5) is 0 Å². The molecule has 2 saturated carbocycles. The zero-order chi connectivity index (χ0) is 24.0. The lowest BCUT2D eigenvalue weighted by atomic mass is 9.72. The fourth-order valence-corrected chi connectivity index (χ4v) is 5.91. The molecule has 8 unspecified atom stereocenters. The van der Waals surface area contributed by atoms with Crippen molar-refractivity contribution in [3.05, 3.63) is 0 Å². The Hall–Kier alpha value is -0.480. The number of rotatable bonds is 4. The number of fused-ring (bicyclic) bond motifs is 1. The summed E-state index contributed by atoms with van der Waals surface area (Å²) < 4.78 is 16.3. The molecule has 10 N–H and O–H groups in total. The van der Waals surface area contributed by atoms with Crippen LogP contribution in [0.3, 0.4) is 0 Å². The zero-order valence-corrected chi connectivity index (χ0v) is 18.2. The topological polar surface area (TPSA) is 213 Å². The van der Waals surface area contributed by atoms with Gasteiger partial charge in [-0.15, -0.1) is 0 Å². The zero-order valence-electron chi connectivity index (χ0n) is 18.2. The van der Waals surface area contributed by atoms with Crippen molar-refractivity contribution >= 4 is 0 Å². The van der Waals surface area contributed by atoms with E-state index in [2.05, 4.69) is 0 Å². The minimum Gasteiger partial charge on any atom is -0.427 e. The Labute approximate surface area is 191 Å². The van der Waals surface area contributed by atoms with Gasteiger partial charge in [-0.1, -0.05) is 0 Å². The first-order chi connectivity index (χ1) is 15.6. The molecule has 33 heavy (non-hydrogen) atoms. The highest BCUT2D eigenvalue weighted by atomic mass is 16.7. The Balaban J connectivity index is 1.56. The normalized spacial score (nSPS) is 55.7. The summed E-state index contributed by atoms with van der Waals surface area (Å²) in [6.07, 6.45) is -13.1. The van der Waals surface area contributed by atoms with Crippen LogP contribution in [0.5, 0.6) is 0 Å². The van der Waals surface area contributed by atoms with Crippen molar-refractivity contribution < 1.29 is 60.2 Å². The van der Waals surface area contributed by atoms with Gasteiger partial charge in [0.1, 0.15) is 36.6 Å². The van der Waals surface area contributed by atoms with Gasteiger partial charge in [0.2, 0.25) is 0 Å². The van der Waals surface area contributed by atoms with Crippen molar-refractivity contribution in [3.63, 3.8) is 0 Å². The van der Waals surface area contributed by atoms with Crippen molar-refractivity contribution in [2.24, 2.45) is 11.8 Å². The van der Waals surface area contributed by atoms with Crippen LogP contribution in [0.25, 0.3) is 0 Å². The second-order valence-electron chi connectivity index (χ2n) is 10.0. The minimum absolute atomic E-state index is 0.142. The number of hydrogen-bond donors (Lipinski definition) is 9. The maximum Gasteiger partial charge on any atom is 0.187 e. The molecule has 12 nitrogen and oxygen atoms in total. The summed E-state index contributed by atoms with van der Waals surface area (Å²) in [7, 11) is 0. The summed E-state index contributed by atoms with van der Waals surface area (Å²) in [6, 6.07) is 0. The molecule has 0 radical (unpaired) electrons. The number of aliphatic hydroxyl groups excluding tert-OH is 9. The maximum absolute atomic E-state index is 10.5. The average molecular weight is 482 g/mol. The van der Waals surface area contributed by atoms with E-state index >= 15 is 0 Å². The summed E-state index contributed by atoms with van der Waals surface area (Å²) >= 11 is 0. The standard InChI is InChI=1S/C21H36O12/c22-6-15-17(28)18(29)19(30)21(33-15)32-14-5-9-10(24)3-8(23)4-13(9)31-20(14)7-1-11(25)16(27)12(26)2-7/h7-30H,1-6H2/p+1/t7?,8?,9?,10?,11?,12?,13?,14?,15-,16?,17-,18+,19-,20?,21-/m0/s1. The first-order valence-electron chi connectivity index (χ1n) is 11.7. The van der Waals surface area contributed by atoms with Crippen molar-refractivity contribution in [3.8, 4) is 0 Å². The summed E-state index contributed by atoms with van der Waals surface area (Å²) in [5.41, 5.74) is 0. The third kappa shape index (κ3) is 5.08. The number of ether oxygens (including phenoxy) is 3. The van der Waals surface area contributed by atoms with Gasteiger partial charge in [-0.05, 0) is 19.3 Å². The number of hydrogen-bond acceptors (Lipinski definition) is 11. The fraction of sp³-hybridized carbons (Fsp3) is 1.00. The molecule has 0 spiro atoms. The van der Waals surface area contributed by atoms with Crippen molar-refractivity contribution in [2.75, 3.05) is 6.61 Å². The van der Waals surface area contributed by atoms with Crippen LogP contribution in [0.15, 0.2) is 0 Å². The molecule has 192 valence electrons. The van der Waals surface area contributed by atoms with E-state index in [9.17, 15) is 46.0 Å². The van der Waals surface area contributed by atoms with E-state index in [0.717, 1.165) is 0 Å². The Morgan fingerprint density at radius 2 is 1.39 bits per heavy atom. The highest BCUT2D eigenvalue weighted by Crippen LogP contribution is 2.42. The molecule has 0 aromatic carbocycles. The molecular weight excluding hydrogens is 444 g/mol. The van der Waals surface area contributed by atoms with Crippen molar-refractivity contribution in [1.82, 2.24) is 0 Å². The molecule has 4 aliphatic rings. The molecule has 0 aromatic heterocycles. The van der Waals surface area contributed by atoms with Crippen LogP contribution >= 0.6 is 0 Å². The monoisotopic (exact) mass is 481 g/mol. The lowest BCUT2D eigenvalue weighted by molar-refractivity contribution is -0.357. The fourth-order valence-electron chi connectivity index (χ4n) is 5.91. The van der Waals surface area contributed by atoms with Crippen LogP contribution in [-0.4, -0.2) is 137 Å². The quantitative estimate of drug-likeness (QED) is 0.174. The van der Waals surface area contributed by atoms with Crippen LogP contribution in [-0.2, 0) is 9.47 Å². The summed E-state index contributed by atoms with van der Waals surface area (Å²) in [5, 5.41) is 91.1. The SMILES string of the molecule is OC[C@@H]1O[C@H](OC2CC3C(O)CC(O)CC3[OH+]C2C2CC(O)C(O)C(O)C2)[C@@H](O)[C@H](O)[C@H]1O. The molecule has 4 fully saturated rings. The van der Waals surface area contributed by atoms with E-state index in [1.54, 1.807) is 0 Å². The molecule has 2 saturated heterocycles. The third-order valence-electron chi connectivity index (χ3n) is 7.78. The van der Waals surface area contributed by atoms with Crippen molar-refractivity contribution in [1.29, 1.82) is 0 Å². The van der Waals surface area contributed by atoms with E-state index in [1.807, 2.05) is 0 Å². The third-order valence-corrected chi connectivity index (χ3v) is 7.78. The van der Waals surface area contributed by atoms with Gasteiger partial charge < -0.3 is 60.2 Å². The van der Waals surface area contributed by atoms with Gasteiger partial charge in [-0.2, -0.15) is 0 Å². The molecule has 0 bridgehead atoms. The van der Waals surface area contributed by atoms with E-state index in [4.69, 9.17) is 14.2 Å². The van der Waals surface area contributed by atoms with E-state index < -0.39 is 86.0 Å². The Morgan fingerprint density at radius 3 is 2.03 bits per heavy atom. The highest BCUT2D eigenvalue weighted by Gasteiger charge is 2.55. The minimum atomic E-state index is -1.61. The van der Waals surface area contributed by atoms with Crippen LogP contribution in [0.2, 0.25) is 0 Å². The lowest BCUT2D eigenvalue weighted by Crippen LogP contribution is -2.63. The van der Waals surface area contributed by atoms with Gasteiger partial charge in [0.05, 0.1) is 36.9 Å².